The quantitative estimate of drug-likeness (QED) is 0.188. The van der Waals surface area contributed by atoms with Crippen molar-refractivity contribution in [1.82, 2.24) is 9.21 Å². The summed E-state index contributed by atoms with van der Waals surface area (Å²) < 4.78 is 208. The van der Waals surface area contributed by atoms with Crippen LogP contribution in [0.5, 0.6) is 0 Å². The molecule has 21 heteroatoms. The molecular formula is C17H25F13N2O5S. The molecular weight excluding hydrogens is 591 g/mol. The number of hydrogen-bond donors (Lipinski definition) is 1. The van der Waals surface area contributed by atoms with Crippen molar-refractivity contribution in [2.45, 2.75) is 41.5 Å². The normalized spacial score (nSPS) is 15.1. The van der Waals surface area contributed by atoms with Crippen molar-refractivity contribution in [2.24, 2.45) is 0 Å². The maximum Gasteiger partial charge on any atom is 0.460 e. The van der Waals surface area contributed by atoms with Gasteiger partial charge in [-0.1, -0.05) is 0 Å². The van der Waals surface area contributed by atoms with Crippen LogP contribution in [0.2, 0.25) is 0 Å². The monoisotopic (exact) mass is 616 g/mol. The fourth-order valence-electron chi connectivity index (χ4n) is 2.55. The average molecular weight is 616 g/mol. The summed E-state index contributed by atoms with van der Waals surface area (Å²) in [5.41, 5.74) is 0. The number of ether oxygens (including phenoxy) is 2. The largest absolute Gasteiger partial charge is 0.460 e. The lowest BCUT2D eigenvalue weighted by Gasteiger charge is -2.40. The minimum atomic E-state index is -8.23. The molecule has 0 amide bonds. The van der Waals surface area contributed by atoms with Crippen LogP contribution in [-0.2, 0) is 19.5 Å². The Morgan fingerprint density at radius 3 is 1.50 bits per heavy atom. The van der Waals surface area contributed by atoms with E-state index in [1.807, 2.05) is 0 Å². The van der Waals surface area contributed by atoms with E-state index in [1.54, 1.807) is 0 Å². The minimum Gasteiger partial charge on any atom is -0.394 e. The number of alkyl halides is 13. The minimum absolute atomic E-state index is 0.115. The average Bonchev–Trinajstić information content (AvgIpc) is 2.75. The van der Waals surface area contributed by atoms with Crippen molar-refractivity contribution in [2.75, 3.05) is 66.8 Å². The van der Waals surface area contributed by atoms with Gasteiger partial charge in [0.05, 0.1) is 33.0 Å². The van der Waals surface area contributed by atoms with E-state index in [1.165, 1.54) is 19.0 Å². The van der Waals surface area contributed by atoms with Crippen LogP contribution in [-0.4, -0.2) is 125 Å². The van der Waals surface area contributed by atoms with Gasteiger partial charge in [0.25, 0.3) is 10.0 Å². The van der Waals surface area contributed by atoms with E-state index in [-0.39, 0.29) is 26.4 Å². The summed E-state index contributed by atoms with van der Waals surface area (Å²) in [5, 5.41) is 1.21. The maximum absolute atomic E-state index is 14.4. The molecule has 0 unspecified atom stereocenters. The topological polar surface area (TPSA) is 79.3 Å². The molecule has 38 heavy (non-hydrogen) atoms. The van der Waals surface area contributed by atoms with E-state index in [0.717, 1.165) is 0 Å². The van der Waals surface area contributed by atoms with Gasteiger partial charge in [-0.15, -0.1) is 0 Å². The highest BCUT2D eigenvalue weighted by atomic mass is 32.2. The first kappa shape index (κ1) is 36.8. The third-order valence-electron chi connectivity index (χ3n) is 4.67. The molecule has 0 aromatic carbocycles. The van der Waals surface area contributed by atoms with Crippen LogP contribution in [0.1, 0.15) is 6.42 Å². The Hall–Kier alpha value is -1.16. The molecule has 230 valence electrons. The summed E-state index contributed by atoms with van der Waals surface area (Å²) >= 11 is 0. The lowest BCUT2D eigenvalue weighted by atomic mass is 9.98. The Bertz CT molecular complexity index is 839. The first-order valence-electron chi connectivity index (χ1n) is 10.2. The molecule has 0 saturated heterocycles. The van der Waals surface area contributed by atoms with Gasteiger partial charge in [-0.25, -0.2) is 8.42 Å². The van der Waals surface area contributed by atoms with E-state index in [9.17, 15) is 65.5 Å². The second kappa shape index (κ2) is 13.0. The summed E-state index contributed by atoms with van der Waals surface area (Å²) in [7, 11) is -4.36. The van der Waals surface area contributed by atoms with Gasteiger partial charge in [0, 0.05) is 13.1 Å². The van der Waals surface area contributed by atoms with Gasteiger partial charge in [-0.2, -0.15) is 61.4 Å². The number of sulfonamides is 1. The maximum atomic E-state index is 14.4. The van der Waals surface area contributed by atoms with Gasteiger partial charge in [0.1, 0.15) is 0 Å². The molecule has 0 radical (unpaired) electrons. The highest BCUT2D eigenvalue weighted by Gasteiger charge is 2.92. The van der Waals surface area contributed by atoms with E-state index < -0.39 is 82.2 Å². The van der Waals surface area contributed by atoms with Gasteiger partial charge >= 0.3 is 35.1 Å². The number of rotatable bonds is 18. The molecule has 0 rings (SSSR count). The molecule has 0 aromatic heterocycles. The predicted octanol–water partition coefficient (Wildman–Crippen LogP) is 3.29. The van der Waals surface area contributed by atoms with E-state index in [2.05, 4.69) is 0 Å². The van der Waals surface area contributed by atoms with Crippen LogP contribution in [0.3, 0.4) is 0 Å². The van der Waals surface area contributed by atoms with Crippen LogP contribution in [0.4, 0.5) is 57.1 Å². The standard InChI is InChI=1S/C17H25F13N2O5S/c1-31(2)4-3-5-32(6-8-36-10-11-37-9-7-33)38(34,35)17(29,30)15(24,25)13(20,21)12(18,19)14(22,23)16(26,27)28/h33H,3-11H2,1-2H3. The molecule has 0 aromatic rings. The third kappa shape index (κ3) is 7.32. The van der Waals surface area contributed by atoms with Gasteiger partial charge in [-0.3, -0.25) is 0 Å². The number of aliphatic hydroxyl groups is 1. The van der Waals surface area contributed by atoms with Crippen LogP contribution in [0, 0.1) is 0 Å². The van der Waals surface area contributed by atoms with Crippen LogP contribution in [0.15, 0.2) is 0 Å². The molecule has 0 aliphatic heterocycles. The smallest absolute Gasteiger partial charge is 0.394 e. The number of aliphatic hydroxyl groups excluding tert-OH is 1. The van der Waals surface area contributed by atoms with Crippen molar-refractivity contribution < 1.29 is 80.1 Å². The van der Waals surface area contributed by atoms with E-state index in [0.29, 0.717) is 0 Å². The molecule has 0 fully saturated rings. The van der Waals surface area contributed by atoms with Crippen LogP contribution in [0.25, 0.3) is 0 Å². The summed E-state index contributed by atoms with van der Waals surface area (Å²) in [4.78, 5) is 1.33. The van der Waals surface area contributed by atoms with Crippen molar-refractivity contribution >= 4 is 10.0 Å². The molecule has 0 aliphatic carbocycles. The fourth-order valence-corrected chi connectivity index (χ4v) is 4.01. The molecule has 1 N–H and O–H groups in total. The Labute approximate surface area is 208 Å². The van der Waals surface area contributed by atoms with Crippen molar-refractivity contribution in [3.63, 3.8) is 0 Å². The first-order valence-corrected chi connectivity index (χ1v) is 11.7. The number of nitrogens with zero attached hydrogens (tertiary/aromatic N) is 2. The van der Waals surface area contributed by atoms with E-state index >= 15 is 0 Å². The zero-order valence-corrected chi connectivity index (χ0v) is 20.5. The van der Waals surface area contributed by atoms with Crippen molar-refractivity contribution in [3.05, 3.63) is 0 Å². The lowest BCUT2D eigenvalue weighted by molar-refractivity contribution is -0.433. The second-order valence-corrected chi connectivity index (χ2v) is 9.80. The second-order valence-electron chi connectivity index (χ2n) is 7.82. The Balaban J connectivity index is 6.24. The zero-order valence-electron chi connectivity index (χ0n) is 19.7. The lowest BCUT2D eigenvalue weighted by Crippen LogP contribution is -2.72. The van der Waals surface area contributed by atoms with E-state index in [4.69, 9.17) is 14.6 Å². The van der Waals surface area contributed by atoms with Gasteiger partial charge < -0.3 is 19.5 Å². The van der Waals surface area contributed by atoms with Crippen molar-refractivity contribution in [1.29, 1.82) is 0 Å². The number of halogens is 13. The van der Waals surface area contributed by atoms with Gasteiger partial charge in [0.2, 0.25) is 0 Å². The summed E-state index contributed by atoms with van der Waals surface area (Å²) in [5.74, 6) is -32.4. The highest BCUT2D eigenvalue weighted by Crippen LogP contribution is 2.61. The van der Waals surface area contributed by atoms with Crippen LogP contribution < -0.4 is 0 Å². The van der Waals surface area contributed by atoms with Crippen molar-refractivity contribution in [3.8, 4) is 0 Å². The molecule has 0 aliphatic rings. The van der Waals surface area contributed by atoms with Crippen LogP contribution >= 0.6 is 0 Å². The zero-order chi connectivity index (χ0) is 30.4. The molecule has 0 saturated carbocycles. The highest BCUT2D eigenvalue weighted by molar-refractivity contribution is 7.90. The Kier molecular flexibility index (Phi) is 12.6. The summed E-state index contributed by atoms with van der Waals surface area (Å²) in [6.07, 6.45) is -8.05. The van der Waals surface area contributed by atoms with Gasteiger partial charge in [0.15, 0.2) is 0 Å². The fraction of sp³-hybridized carbons (Fsp3) is 1.00. The first-order chi connectivity index (χ1) is 16.9. The summed E-state index contributed by atoms with van der Waals surface area (Å²) in [6, 6.07) is 0. The Morgan fingerprint density at radius 2 is 1.08 bits per heavy atom. The van der Waals surface area contributed by atoms with Gasteiger partial charge in [-0.05, 0) is 27.1 Å². The molecule has 0 bridgehead atoms. The predicted molar refractivity (Wildman–Crippen MR) is 103 cm³/mol. The Morgan fingerprint density at radius 1 is 0.632 bits per heavy atom. The summed E-state index contributed by atoms with van der Waals surface area (Å²) in [6.45, 7) is -4.59. The molecule has 7 nitrogen and oxygen atoms in total. The molecule has 0 heterocycles. The number of hydrogen-bond acceptors (Lipinski definition) is 6. The molecule has 0 spiro atoms. The molecule has 0 atom stereocenters. The SMILES string of the molecule is CN(C)CCCN(CCOCCOCCO)S(=O)(=O)C(F)(F)C(F)(F)C(F)(F)C(F)(F)C(F)(F)C(F)(F)F. The third-order valence-corrected chi connectivity index (χ3v) is 6.62.